The van der Waals surface area contributed by atoms with Gasteiger partial charge in [0.1, 0.15) is 24.7 Å². The molecule has 5 aliphatic rings. The van der Waals surface area contributed by atoms with E-state index in [0.717, 1.165) is 58.3 Å². The fraction of sp³-hybridized carbons (Fsp3) is 0.468. The molecule has 3 aliphatic carbocycles. The maximum absolute atomic E-state index is 12.8. The van der Waals surface area contributed by atoms with Crippen LogP contribution >= 0.6 is 0 Å². The van der Waals surface area contributed by atoms with E-state index in [1.54, 1.807) is 6.92 Å². The van der Waals surface area contributed by atoms with E-state index in [-0.39, 0.29) is 54.4 Å². The molecule has 10 nitrogen and oxygen atoms in total. The fourth-order valence-corrected chi connectivity index (χ4v) is 12.9. The Morgan fingerprint density at radius 1 is 0.903 bits per heavy atom. The fourth-order valence-electron chi connectivity index (χ4n) is 12.9. The Bertz CT molecular complexity index is 2830. The number of benzene rings is 4. The zero-order chi connectivity index (χ0) is 51.1. The molecule has 1 saturated carbocycles. The highest BCUT2D eigenvalue weighted by atomic mass is 16.6. The highest BCUT2D eigenvalue weighted by Gasteiger charge is 2.49. The number of carbonyl (C=O) groups excluding carboxylic acids is 3. The Labute approximate surface area is 427 Å². The Morgan fingerprint density at radius 2 is 1.61 bits per heavy atom. The van der Waals surface area contributed by atoms with Crippen molar-refractivity contribution >= 4 is 51.6 Å². The maximum atomic E-state index is 12.8. The summed E-state index contributed by atoms with van der Waals surface area (Å²) < 4.78 is 24.2. The van der Waals surface area contributed by atoms with E-state index >= 15 is 0 Å². The van der Waals surface area contributed by atoms with Crippen molar-refractivity contribution in [1.82, 2.24) is 5.32 Å². The predicted molar refractivity (Wildman–Crippen MR) is 289 cm³/mol. The van der Waals surface area contributed by atoms with E-state index in [4.69, 9.17) is 18.9 Å². The number of rotatable bonds is 15. The lowest BCUT2D eigenvalue weighted by Gasteiger charge is -2.43. The van der Waals surface area contributed by atoms with Crippen LogP contribution in [0.2, 0.25) is 0 Å². The molecule has 0 aromatic heterocycles. The average Bonchev–Trinajstić information content (AvgIpc) is 3.62. The lowest BCUT2D eigenvalue weighted by molar-refractivity contribution is -0.150. The first-order valence-electron chi connectivity index (χ1n) is 26.4. The summed E-state index contributed by atoms with van der Waals surface area (Å²) in [7, 11) is 1.82. The summed E-state index contributed by atoms with van der Waals surface area (Å²) in [6.07, 6.45) is 16.0. The molecule has 2 N–H and O–H groups in total. The van der Waals surface area contributed by atoms with Gasteiger partial charge in [0.05, 0.1) is 19.2 Å². The first-order chi connectivity index (χ1) is 34.4. The molecule has 0 bridgehead atoms. The maximum Gasteiger partial charge on any atom is 0.333 e. The normalized spacial score (nSPS) is 23.2. The number of methoxy groups -OCH3 is 1. The summed E-state index contributed by atoms with van der Waals surface area (Å²) in [5.74, 6) is 2.70. The lowest BCUT2D eigenvalue weighted by atomic mass is 9.63. The van der Waals surface area contributed by atoms with Gasteiger partial charge in [-0.3, -0.25) is 9.59 Å². The zero-order valence-corrected chi connectivity index (χ0v) is 44.0. The molecule has 4 aromatic carbocycles. The summed E-state index contributed by atoms with van der Waals surface area (Å²) in [6.45, 7) is 23.8. The van der Waals surface area contributed by atoms with E-state index < -0.39 is 17.5 Å². The number of carbonyl (C=O) groups is 3. The predicted octanol–water partition coefficient (Wildman–Crippen LogP) is 12.5. The van der Waals surface area contributed by atoms with Crippen molar-refractivity contribution < 1.29 is 33.3 Å². The van der Waals surface area contributed by atoms with Crippen LogP contribution in [-0.4, -0.2) is 63.8 Å². The minimum Gasteiger partial charge on any atom is -0.495 e. The third-order valence-electron chi connectivity index (χ3n) is 16.3. The number of ether oxygens (including phenoxy) is 4. The molecule has 72 heavy (non-hydrogen) atoms. The Hall–Kier alpha value is -6.29. The van der Waals surface area contributed by atoms with Crippen molar-refractivity contribution in [2.45, 2.75) is 117 Å². The van der Waals surface area contributed by atoms with E-state index in [2.05, 4.69) is 149 Å². The van der Waals surface area contributed by atoms with Crippen molar-refractivity contribution in [2.75, 3.05) is 50.2 Å². The monoisotopic (exact) mass is 974 g/mol. The van der Waals surface area contributed by atoms with Crippen molar-refractivity contribution in [1.29, 1.82) is 0 Å². The van der Waals surface area contributed by atoms with Crippen LogP contribution in [0.1, 0.15) is 128 Å². The van der Waals surface area contributed by atoms with Crippen molar-refractivity contribution in [3.63, 3.8) is 0 Å². The van der Waals surface area contributed by atoms with Crippen molar-refractivity contribution in [2.24, 2.45) is 29.1 Å². The topological polar surface area (TPSA) is 115 Å². The van der Waals surface area contributed by atoms with Gasteiger partial charge in [-0.1, -0.05) is 128 Å². The first kappa shape index (κ1) is 50.6. The third-order valence-corrected chi connectivity index (χ3v) is 16.3. The number of nitrogens with one attached hydrogen (secondary N) is 2. The number of amides is 1. The van der Waals surface area contributed by atoms with Gasteiger partial charge in [-0.15, -0.1) is 0 Å². The zero-order valence-electron chi connectivity index (χ0n) is 44.0. The van der Waals surface area contributed by atoms with Crippen LogP contribution in [0, 0.1) is 29.1 Å². The van der Waals surface area contributed by atoms with Gasteiger partial charge >= 0.3 is 11.9 Å². The molecular formula is C62H75N3O7. The number of anilines is 2. The van der Waals surface area contributed by atoms with Gasteiger partial charge in [0, 0.05) is 70.8 Å². The average molecular weight is 974 g/mol. The quantitative estimate of drug-likeness (QED) is 0.0682. The minimum absolute atomic E-state index is 0.0168. The molecule has 0 radical (unpaired) electrons. The number of piperidine rings is 1. The van der Waals surface area contributed by atoms with Gasteiger partial charge in [0.2, 0.25) is 5.91 Å². The van der Waals surface area contributed by atoms with E-state index in [1.165, 1.54) is 65.5 Å². The van der Waals surface area contributed by atoms with E-state index in [0.29, 0.717) is 24.3 Å². The Morgan fingerprint density at radius 3 is 2.32 bits per heavy atom. The summed E-state index contributed by atoms with van der Waals surface area (Å²) in [5.41, 5.74) is 9.89. The van der Waals surface area contributed by atoms with Gasteiger partial charge in [-0.05, 0) is 114 Å². The van der Waals surface area contributed by atoms with Crippen LogP contribution in [0.4, 0.5) is 11.4 Å². The summed E-state index contributed by atoms with van der Waals surface area (Å²) in [5, 5.41) is 8.72. The van der Waals surface area contributed by atoms with Crippen LogP contribution in [0.25, 0.3) is 22.4 Å². The summed E-state index contributed by atoms with van der Waals surface area (Å²) in [6, 6.07) is 23.4. The second kappa shape index (κ2) is 20.3. The first-order valence-corrected chi connectivity index (χ1v) is 26.4. The van der Waals surface area contributed by atoms with Crippen LogP contribution in [-0.2, 0) is 34.9 Å². The summed E-state index contributed by atoms with van der Waals surface area (Å²) in [4.78, 5) is 39.1. The molecule has 10 heteroatoms. The number of fused-ring (bicyclic) bond motifs is 8. The lowest BCUT2D eigenvalue weighted by Crippen LogP contribution is -2.42. The molecule has 4 aromatic rings. The highest BCUT2D eigenvalue weighted by molar-refractivity contribution is 6.09. The number of nitrogens with zero attached hydrogens (tertiary/aromatic N) is 1. The van der Waals surface area contributed by atoms with Gasteiger partial charge in [0.25, 0.3) is 0 Å². The van der Waals surface area contributed by atoms with Gasteiger partial charge in [0.15, 0.2) is 5.60 Å². The summed E-state index contributed by atoms with van der Waals surface area (Å²) >= 11 is 0. The molecular weight excluding hydrogens is 899 g/mol. The molecule has 380 valence electrons. The van der Waals surface area contributed by atoms with Gasteiger partial charge in [-0.2, -0.15) is 0 Å². The number of hydrogen-bond acceptors (Lipinski definition) is 9. The second-order valence-corrected chi connectivity index (χ2v) is 22.7. The van der Waals surface area contributed by atoms with E-state index in [1.807, 2.05) is 20.1 Å². The molecule has 1 saturated heterocycles. The molecule has 2 heterocycles. The Balaban J connectivity index is 1.02. The molecule has 0 spiro atoms. The SMILES string of the molecule is C=C(C)C(=O)OCCOC(=O)CCC(=O)NC(C)CNc1ccc(C2(c3ccccc3)C=Cc3c4c(c5cc(N6CCC7CCCCC7C6)c(OC)cc5c3O2)C2=C(C(C)C(C(C)(C)C)C=C2)C4(C)C)cc1. The standard InChI is InChI=1S/C62H75N3O7/c1-38(2)59(68)71-33-32-70-54(67)27-26-53(66)64-39(3)36-63-45-22-20-44(21-23-45)62(43-18-12-11-13-19-43)30-28-47-57-55(46-24-25-50(60(5,6)7)40(4)56(46)61(57,8)9)48-34-51(52(69-10)35-49(48)58(47)72-62)65-31-29-41-16-14-15-17-42(41)37-65/h11-13,18-25,28,30,34-35,39-42,50,63H,1,14-17,26-27,29,31-33,36-37H2,2-10H3,(H,64,66). The van der Waals surface area contributed by atoms with E-state index in [9.17, 15) is 14.4 Å². The third kappa shape index (κ3) is 9.70. The number of hydrogen-bond donors (Lipinski definition) is 2. The van der Waals surface area contributed by atoms with Crippen LogP contribution < -0.4 is 25.0 Å². The molecule has 2 fully saturated rings. The minimum atomic E-state index is -0.958. The molecule has 6 atom stereocenters. The van der Waals surface area contributed by atoms with Gasteiger partial charge in [-0.25, -0.2) is 4.79 Å². The number of esters is 2. The molecule has 2 aliphatic heterocycles. The highest BCUT2D eigenvalue weighted by Crippen LogP contribution is 2.62. The molecule has 6 unspecified atom stereocenters. The number of allylic oxidation sites excluding steroid dienone is 4. The largest absolute Gasteiger partial charge is 0.495 e. The van der Waals surface area contributed by atoms with Gasteiger partial charge < -0.3 is 34.5 Å². The van der Waals surface area contributed by atoms with Crippen LogP contribution in [0.5, 0.6) is 11.5 Å². The van der Waals surface area contributed by atoms with Crippen LogP contribution in [0.3, 0.4) is 0 Å². The molecule has 9 rings (SSSR count). The van der Waals surface area contributed by atoms with Crippen molar-refractivity contribution in [3.05, 3.63) is 131 Å². The van der Waals surface area contributed by atoms with Crippen molar-refractivity contribution in [3.8, 4) is 11.5 Å². The second-order valence-electron chi connectivity index (χ2n) is 22.7. The smallest absolute Gasteiger partial charge is 0.333 e. The molecule has 1 amide bonds. The van der Waals surface area contributed by atoms with Crippen LogP contribution in [0.15, 0.2) is 103 Å². The Kier molecular flexibility index (Phi) is 14.3.